The van der Waals surface area contributed by atoms with E-state index in [0.29, 0.717) is 36.1 Å². The maximum Gasteiger partial charge on any atom is 0.256 e. The van der Waals surface area contributed by atoms with Crippen LogP contribution in [0.4, 0.5) is 5.82 Å². The maximum absolute atomic E-state index is 12.2. The fraction of sp³-hybridized carbons (Fsp3) is 0.214. The molecule has 2 aromatic rings. The van der Waals surface area contributed by atoms with Crippen molar-refractivity contribution in [1.29, 1.82) is 0 Å². The highest BCUT2D eigenvalue weighted by Crippen LogP contribution is 2.30. The fourth-order valence-corrected chi connectivity index (χ4v) is 2.04. The van der Waals surface area contributed by atoms with Gasteiger partial charge < -0.3 is 14.8 Å². The highest BCUT2D eigenvalue weighted by Gasteiger charge is 2.14. The molecule has 1 aliphatic heterocycles. The van der Waals surface area contributed by atoms with Gasteiger partial charge in [0, 0.05) is 12.0 Å². The lowest BCUT2D eigenvalue weighted by Gasteiger charge is -2.09. The van der Waals surface area contributed by atoms with Gasteiger partial charge in [-0.15, -0.1) is 0 Å². The number of benzene rings is 1. The van der Waals surface area contributed by atoms with Crippen LogP contribution in [0.3, 0.4) is 0 Å². The van der Waals surface area contributed by atoms with Gasteiger partial charge in [-0.2, -0.15) is 0 Å². The topological polar surface area (TPSA) is 73.3 Å². The monoisotopic (exact) mass is 305 g/mol. The number of nitrogens with one attached hydrogen (secondary N) is 1. The number of hydrogen-bond acceptors (Lipinski definition) is 5. The predicted octanol–water partition coefficient (Wildman–Crippen LogP) is 2.54. The zero-order valence-corrected chi connectivity index (χ0v) is 11.8. The highest BCUT2D eigenvalue weighted by molar-refractivity contribution is 6.29. The van der Waals surface area contributed by atoms with Crippen LogP contribution in [0.1, 0.15) is 16.8 Å². The molecule has 7 heteroatoms. The summed E-state index contributed by atoms with van der Waals surface area (Å²) in [6, 6.07) is 5.04. The number of ether oxygens (including phenoxy) is 2. The Balaban J connectivity index is 1.80. The molecule has 0 fully saturated rings. The van der Waals surface area contributed by atoms with Crippen molar-refractivity contribution in [3.8, 4) is 11.5 Å². The van der Waals surface area contributed by atoms with Crippen molar-refractivity contribution in [1.82, 2.24) is 9.97 Å². The third kappa shape index (κ3) is 3.22. The summed E-state index contributed by atoms with van der Waals surface area (Å²) < 4.78 is 11.1. The number of aromatic nitrogens is 2. The summed E-state index contributed by atoms with van der Waals surface area (Å²) in [5.74, 6) is 1.19. The number of carbonyl (C=O) groups is 1. The van der Waals surface area contributed by atoms with Crippen LogP contribution in [0.25, 0.3) is 0 Å². The van der Waals surface area contributed by atoms with Gasteiger partial charge in [0.15, 0.2) is 17.3 Å². The molecule has 0 saturated heterocycles. The SMILES string of the molecule is O=C(Nc1cncc(Cl)n1)c1ccc2c(c1)OCCCO2. The van der Waals surface area contributed by atoms with E-state index in [1.807, 2.05) is 0 Å². The predicted molar refractivity (Wildman–Crippen MR) is 77.0 cm³/mol. The van der Waals surface area contributed by atoms with Crippen molar-refractivity contribution < 1.29 is 14.3 Å². The molecule has 2 heterocycles. The van der Waals surface area contributed by atoms with Gasteiger partial charge in [-0.3, -0.25) is 9.78 Å². The normalized spacial score (nSPS) is 13.4. The standard InChI is InChI=1S/C14H12ClN3O3/c15-12-7-16-8-13(17-12)18-14(19)9-2-3-10-11(6-9)21-5-1-4-20-10/h2-3,6-8H,1,4-5H2,(H,17,18,19). The van der Waals surface area contributed by atoms with E-state index in [0.717, 1.165) is 6.42 Å². The first-order valence-electron chi connectivity index (χ1n) is 6.41. The number of nitrogens with zero attached hydrogens (tertiary/aromatic N) is 2. The van der Waals surface area contributed by atoms with Gasteiger partial charge in [0.25, 0.3) is 5.91 Å². The van der Waals surface area contributed by atoms with Crippen LogP contribution in [-0.4, -0.2) is 29.1 Å². The summed E-state index contributed by atoms with van der Waals surface area (Å²) in [4.78, 5) is 20.0. The summed E-state index contributed by atoms with van der Waals surface area (Å²) in [5, 5.41) is 2.84. The number of anilines is 1. The smallest absolute Gasteiger partial charge is 0.256 e. The molecule has 3 rings (SSSR count). The molecule has 0 saturated carbocycles. The van der Waals surface area contributed by atoms with E-state index in [-0.39, 0.29) is 11.1 Å². The lowest BCUT2D eigenvalue weighted by molar-refractivity contribution is 0.102. The highest BCUT2D eigenvalue weighted by atomic mass is 35.5. The van der Waals surface area contributed by atoms with Crippen molar-refractivity contribution in [2.45, 2.75) is 6.42 Å². The molecule has 108 valence electrons. The molecule has 0 bridgehead atoms. The summed E-state index contributed by atoms with van der Waals surface area (Å²) in [7, 11) is 0. The molecule has 0 atom stereocenters. The molecule has 1 aromatic carbocycles. The average molecular weight is 306 g/mol. The van der Waals surface area contributed by atoms with Crippen LogP contribution in [0.5, 0.6) is 11.5 Å². The van der Waals surface area contributed by atoms with Gasteiger partial charge in [-0.05, 0) is 18.2 Å². The van der Waals surface area contributed by atoms with Gasteiger partial charge in [-0.25, -0.2) is 4.98 Å². The van der Waals surface area contributed by atoms with Crippen molar-refractivity contribution in [3.05, 3.63) is 41.3 Å². The van der Waals surface area contributed by atoms with E-state index in [1.165, 1.54) is 12.4 Å². The molecular weight excluding hydrogens is 294 g/mol. The molecule has 1 N–H and O–H groups in total. The average Bonchev–Trinajstić information content (AvgIpc) is 2.71. The van der Waals surface area contributed by atoms with Crippen LogP contribution in [-0.2, 0) is 0 Å². The summed E-state index contributed by atoms with van der Waals surface area (Å²) in [6.45, 7) is 1.18. The molecular formula is C14H12ClN3O3. The zero-order chi connectivity index (χ0) is 14.7. The molecule has 21 heavy (non-hydrogen) atoms. The molecule has 1 amide bonds. The van der Waals surface area contributed by atoms with E-state index < -0.39 is 0 Å². The van der Waals surface area contributed by atoms with Gasteiger partial charge in [-0.1, -0.05) is 11.6 Å². The molecule has 0 unspecified atom stereocenters. The Labute approximate surface area is 126 Å². The van der Waals surface area contributed by atoms with Crippen LogP contribution in [0, 0.1) is 0 Å². The molecule has 0 radical (unpaired) electrons. The lowest BCUT2D eigenvalue weighted by Crippen LogP contribution is -2.13. The second kappa shape index (κ2) is 5.97. The maximum atomic E-state index is 12.2. The number of hydrogen-bond donors (Lipinski definition) is 1. The van der Waals surface area contributed by atoms with Gasteiger partial charge >= 0.3 is 0 Å². The third-order valence-corrected chi connectivity index (χ3v) is 3.04. The minimum atomic E-state index is -0.317. The Morgan fingerprint density at radius 1 is 1.19 bits per heavy atom. The molecule has 6 nitrogen and oxygen atoms in total. The Hall–Kier alpha value is -2.34. The van der Waals surface area contributed by atoms with Crippen molar-refractivity contribution in [2.24, 2.45) is 0 Å². The van der Waals surface area contributed by atoms with Crippen LogP contribution >= 0.6 is 11.6 Å². The van der Waals surface area contributed by atoms with E-state index in [4.69, 9.17) is 21.1 Å². The van der Waals surface area contributed by atoms with E-state index in [2.05, 4.69) is 15.3 Å². The Morgan fingerprint density at radius 2 is 2.00 bits per heavy atom. The Morgan fingerprint density at radius 3 is 2.81 bits per heavy atom. The summed E-state index contributed by atoms with van der Waals surface area (Å²) in [5.41, 5.74) is 0.445. The molecule has 1 aliphatic rings. The summed E-state index contributed by atoms with van der Waals surface area (Å²) >= 11 is 5.73. The van der Waals surface area contributed by atoms with Crippen molar-refractivity contribution >= 4 is 23.3 Å². The summed E-state index contributed by atoms with van der Waals surface area (Å²) in [6.07, 6.45) is 3.63. The molecule has 0 aliphatic carbocycles. The van der Waals surface area contributed by atoms with Gasteiger partial charge in [0.2, 0.25) is 0 Å². The van der Waals surface area contributed by atoms with Gasteiger partial charge in [0.05, 0.1) is 25.6 Å². The minimum absolute atomic E-state index is 0.214. The second-order valence-corrected chi connectivity index (χ2v) is 4.78. The third-order valence-electron chi connectivity index (χ3n) is 2.86. The van der Waals surface area contributed by atoms with Crippen LogP contribution in [0.15, 0.2) is 30.6 Å². The number of halogens is 1. The number of fused-ring (bicyclic) bond motifs is 1. The quantitative estimate of drug-likeness (QED) is 0.923. The Kier molecular flexibility index (Phi) is 3.87. The van der Waals surface area contributed by atoms with E-state index >= 15 is 0 Å². The lowest BCUT2D eigenvalue weighted by atomic mass is 10.2. The number of rotatable bonds is 2. The van der Waals surface area contributed by atoms with E-state index in [1.54, 1.807) is 18.2 Å². The van der Waals surface area contributed by atoms with Crippen molar-refractivity contribution in [2.75, 3.05) is 18.5 Å². The van der Waals surface area contributed by atoms with Crippen LogP contribution in [0.2, 0.25) is 5.15 Å². The Bertz CT molecular complexity index is 678. The minimum Gasteiger partial charge on any atom is -0.490 e. The molecule has 1 aromatic heterocycles. The van der Waals surface area contributed by atoms with Gasteiger partial charge in [0.1, 0.15) is 5.15 Å². The fourth-order valence-electron chi connectivity index (χ4n) is 1.90. The number of carbonyl (C=O) groups excluding carboxylic acids is 1. The molecule has 0 spiro atoms. The van der Waals surface area contributed by atoms with E-state index in [9.17, 15) is 4.79 Å². The van der Waals surface area contributed by atoms with Crippen LogP contribution < -0.4 is 14.8 Å². The first-order valence-corrected chi connectivity index (χ1v) is 6.79. The second-order valence-electron chi connectivity index (χ2n) is 4.39. The van der Waals surface area contributed by atoms with Crippen molar-refractivity contribution in [3.63, 3.8) is 0 Å². The first kappa shape index (κ1) is 13.6. The number of amides is 1. The zero-order valence-electron chi connectivity index (χ0n) is 11.0. The first-order chi connectivity index (χ1) is 10.2. The largest absolute Gasteiger partial charge is 0.490 e.